The van der Waals surface area contributed by atoms with Gasteiger partial charge < -0.3 is 18.6 Å². The van der Waals surface area contributed by atoms with Crippen LogP contribution < -0.4 is 4.74 Å². The van der Waals surface area contributed by atoms with E-state index in [1.165, 1.54) is 0 Å². The summed E-state index contributed by atoms with van der Waals surface area (Å²) in [6.07, 6.45) is 1.32. The van der Waals surface area contributed by atoms with Gasteiger partial charge >= 0.3 is 5.69 Å². The molecule has 0 fully saturated rings. The fourth-order valence-electron chi connectivity index (χ4n) is 2.07. The number of benzene rings is 1. The quantitative estimate of drug-likeness (QED) is 0.334. The first-order valence-electron chi connectivity index (χ1n) is 6.44. The zero-order valence-corrected chi connectivity index (χ0v) is 16.0. The Labute approximate surface area is 143 Å². The van der Waals surface area contributed by atoms with E-state index in [2.05, 4.69) is 13.8 Å². The molecule has 1 radical (unpaired) electrons. The summed E-state index contributed by atoms with van der Waals surface area (Å²) in [6, 6.07) is 3.35. The Kier molecular flexibility index (Phi) is 8.42. The van der Waals surface area contributed by atoms with Crippen LogP contribution in [0.3, 0.4) is 0 Å². The largest absolute Gasteiger partial charge is 0.484 e. The molecule has 5 heteroatoms. The molecule has 0 heterocycles. The van der Waals surface area contributed by atoms with Gasteiger partial charge in [0, 0.05) is 36.0 Å². The number of aryl methyl sites for hydroxylation is 1. The van der Waals surface area contributed by atoms with Crippen molar-refractivity contribution in [1.29, 1.82) is 0 Å². The van der Waals surface area contributed by atoms with Crippen molar-refractivity contribution >= 4 is 5.69 Å². The van der Waals surface area contributed by atoms with Crippen molar-refractivity contribution in [3.8, 4) is 5.75 Å². The van der Waals surface area contributed by atoms with E-state index in [4.69, 9.17) is 4.74 Å². The van der Waals surface area contributed by atoms with E-state index in [1.807, 2.05) is 20.8 Å². The van der Waals surface area contributed by atoms with Crippen molar-refractivity contribution in [3.63, 3.8) is 0 Å². The Morgan fingerprint density at radius 2 is 1.85 bits per heavy atom. The molecule has 0 N–H and O–H groups in total. The second-order valence-corrected chi connectivity index (χ2v) is 4.87. The summed E-state index contributed by atoms with van der Waals surface area (Å²) in [5.41, 5.74) is 1.94. The van der Waals surface area contributed by atoms with E-state index in [-0.39, 0.29) is 47.7 Å². The maximum Gasteiger partial charge on any atom is 0.311 e. The normalized spacial score (nSPS) is 10.6. The van der Waals surface area contributed by atoms with Crippen molar-refractivity contribution in [1.82, 2.24) is 0 Å². The van der Waals surface area contributed by atoms with Gasteiger partial charge in [0.15, 0.2) is 5.75 Å². The van der Waals surface area contributed by atoms with Crippen molar-refractivity contribution < 1.29 is 39.6 Å². The minimum absolute atomic E-state index is 0. The molecule has 111 valence electrons. The van der Waals surface area contributed by atoms with Crippen LogP contribution in [0.4, 0.5) is 5.69 Å². The van der Waals surface area contributed by atoms with Gasteiger partial charge in [-0.2, -0.15) is 12.8 Å². The molecule has 20 heavy (non-hydrogen) atoms. The fourth-order valence-corrected chi connectivity index (χ4v) is 2.07. The van der Waals surface area contributed by atoms with Crippen molar-refractivity contribution in [2.75, 3.05) is 0 Å². The van der Waals surface area contributed by atoms with Gasteiger partial charge in [-0.3, -0.25) is 10.1 Å². The summed E-state index contributed by atoms with van der Waals surface area (Å²) in [4.78, 5) is 10.7. The average molecular weight is 500 g/mol. The molecule has 0 aliphatic carbocycles. The van der Waals surface area contributed by atoms with E-state index in [9.17, 15) is 10.1 Å². The maximum atomic E-state index is 11.1. The van der Waals surface area contributed by atoms with Crippen molar-refractivity contribution in [3.05, 3.63) is 47.2 Å². The monoisotopic (exact) mass is 499 g/mol. The van der Waals surface area contributed by atoms with E-state index >= 15 is 0 Å². The minimum Gasteiger partial charge on any atom is -0.484 e. The van der Waals surface area contributed by atoms with E-state index in [0.717, 1.165) is 11.1 Å². The first-order chi connectivity index (χ1) is 8.90. The van der Waals surface area contributed by atoms with Crippen LogP contribution in [0.15, 0.2) is 12.1 Å². The van der Waals surface area contributed by atoms with Crippen LogP contribution in [0.5, 0.6) is 5.75 Å². The predicted molar refractivity (Wildman–Crippen MR) is 76.3 cm³/mol. The summed E-state index contributed by atoms with van der Waals surface area (Å²) in [7, 11) is 0. The van der Waals surface area contributed by atoms with Gasteiger partial charge in [-0.05, 0) is 38.0 Å². The average Bonchev–Trinajstić information content (AvgIpc) is 2.33. The van der Waals surface area contributed by atoms with Gasteiger partial charge in [-0.15, -0.1) is 0 Å². The number of nitro benzene ring substituents is 1. The molecule has 0 spiro atoms. The summed E-state index contributed by atoms with van der Waals surface area (Å²) < 4.78 is 5.56. The van der Waals surface area contributed by atoms with Crippen LogP contribution in [0, 0.1) is 60.8 Å². The molecule has 0 atom stereocenters. The molecule has 1 aromatic rings. The molecule has 0 bridgehead atoms. The van der Waals surface area contributed by atoms with Gasteiger partial charge in [-0.25, -0.2) is 0 Å². The Morgan fingerprint density at radius 3 is 2.25 bits per heavy atom. The van der Waals surface area contributed by atoms with Crippen LogP contribution in [0.2, 0.25) is 0 Å². The van der Waals surface area contributed by atoms with Crippen LogP contribution in [0.1, 0.15) is 43.7 Å². The van der Waals surface area contributed by atoms with Crippen LogP contribution in [0.25, 0.3) is 0 Å². The minimum atomic E-state index is -0.405. The molecule has 4 nitrogen and oxygen atoms in total. The molecule has 0 aliphatic heterocycles. The van der Waals surface area contributed by atoms with Crippen molar-refractivity contribution in [2.45, 2.75) is 45.6 Å². The summed E-state index contributed by atoms with van der Waals surface area (Å²) in [5, 5.41) is 11.1. The Bertz CT molecular complexity index is 457. The molecule has 0 saturated carbocycles. The first-order valence-corrected chi connectivity index (χ1v) is 6.44. The summed E-state index contributed by atoms with van der Waals surface area (Å²) in [5.74, 6) is 0.530. The van der Waals surface area contributed by atoms with Gasteiger partial charge in [0.1, 0.15) is 0 Å². The Hall–Kier alpha value is -0.567. The van der Waals surface area contributed by atoms with Gasteiger partial charge in [0.25, 0.3) is 0 Å². The molecule has 0 aromatic heterocycles. The zero-order chi connectivity index (χ0) is 14.6. The zero-order valence-electron chi connectivity index (χ0n) is 12.3. The molecule has 0 aliphatic rings. The second-order valence-electron chi connectivity index (χ2n) is 4.87. The molecule has 0 amide bonds. The Morgan fingerprint density at radius 1 is 1.30 bits per heavy atom. The number of nitrogens with zero attached hydrogens (tertiary/aromatic N) is 1. The van der Waals surface area contributed by atoms with E-state index in [0.29, 0.717) is 18.6 Å². The van der Waals surface area contributed by atoms with Crippen LogP contribution in [-0.4, -0.2) is 11.0 Å². The van der Waals surface area contributed by atoms with Gasteiger partial charge in [0.2, 0.25) is 0 Å². The fraction of sp³-hybridized carbons (Fsp3) is 0.467. The predicted octanol–water partition coefficient (Wildman–Crippen LogP) is 4.22. The second kappa shape index (κ2) is 8.66. The molecule has 1 rings (SSSR count). The van der Waals surface area contributed by atoms with Crippen LogP contribution in [-0.2, 0) is 0 Å². The van der Waals surface area contributed by atoms with E-state index in [1.54, 1.807) is 12.1 Å². The Balaban J connectivity index is 0.00000361. The maximum absolute atomic E-state index is 11.1. The van der Waals surface area contributed by atoms with Crippen LogP contribution >= 0.6 is 0 Å². The third-order valence-corrected chi connectivity index (χ3v) is 3.04. The number of rotatable bonds is 6. The van der Waals surface area contributed by atoms with Crippen molar-refractivity contribution in [2.24, 2.45) is 0 Å². The number of hydrogen-bond donors (Lipinski definition) is 0. The third-order valence-electron chi connectivity index (χ3n) is 3.04. The first kappa shape index (κ1) is 19.4. The molecular formula is C15H21NNpO3-2. The van der Waals surface area contributed by atoms with E-state index < -0.39 is 4.92 Å². The molecular weight excluding hydrogens is 479 g/mol. The third kappa shape index (κ3) is 4.76. The smallest absolute Gasteiger partial charge is 0.311 e. The summed E-state index contributed by atoms with van der Waals surface area (Å²) >= 11 is 0. The SMILES string of the molecule is [CH2-]CC(C[CH2-])c1cc(OC(C)C)c([N+](=O)[O-])cc1C.[Np]. The topological polar surface area (TPSA) is 52.4 Å². The van der Waals surface area contributed by atoms with Gasteiger partial charge in [0.05, 0.1) is 11.0 Å². The number of ether oxygens (including phenoxy) is 1. The standard InChI is InChI=1S/C15H21NO3.Np/c1-6-12(7-2)13-9-15(19-10(3)4)14(16(17)18)8-11(13)5;/h8-10,12H,1-2,6-7H2,3-5H3;/q-2;. The number of hydrogen-bond acceptors (Lipinski definition) is 3. The molecule has 0 saturated heterocycles. The number of nitro groups is 1. The van der Waals surface area contributed by atoms with Gasteiger partial charge in [-0.1, -0.05) is 5.92 Å². The molecule has 1 aromatic carbocycles. The molecule has 0 unspecified atom stereocenters. The summed E-state index contributed by atoms with van der Waals surface area (Å²) in [6.45, 7) is 13.4.